The van der Waals surface area contributed by atoms with E-state index < -0.39 is 0 Å². The molecular weight excluding hydrogens is 254 g/mol. The minimum absolute atomic E-state index is 0.713. The number of fused-ring (bicyclic) bond motifs is 1. The van der Waals surface area contributed by atoms with E-state index >= 15 is 0 Å². The summed E-state index contributed by atoms with van der Waals surface area (Å²) in [6.07, 6.45) is 10.6. The fourth-order valence-electron chi connectivity index (χ4n) is 3.93. The first-order valence-corrected chi connectivity index (χ1v) is 8.24. The zero-order valence-corrected chi connectivity index (χ0v) is 13.0. The predicted octanol–water partition coefficient (Wildman–Crippen LogP) is 5.72. The number of benzene rings is 1. The van der Waals surface area contributed by atoms with Crippen molar-refractivity contribution in [3.05, 3.63) is 54.7 Å². The monoisotopic (exact) mass is 279 g/mol. The van der Waals surface area contributed by atoms with Crippen molar-refractivity contribution in [2.75, 3.05) is 0 Å². The van der Waals surface area contributed by atoms with E-state index in [1.807, 2.05) is 6.20 Å². The standard InChI is InChI=1S/C20H25N/c1-3-6-15(2)16-9-11-17(12-10-16)18-13-14-21-20-8-5-4-7-19(18)20/h3-5,7-8,13-17H,1,6,9-12H2,2H3. The average molecular weight is 279 g/mol. The molecule has 0 amide bonds. The summed E-state index contributed by atoms with van der Waals surface area (Å²) in [5.41, 5.74) is 2.65. The summed E-state index contributed by atoms with van der Waals surface area (Å²) in [6.45, 7) is 6.27. The third kappa shape index (κ3) is 3.02. The average Bonchev–Trinajstić information content (AvgIpc) is 2.55. The van der Waals surface area contributed by atoms with Crippen LogP contribution in [0.5, 0.6) is 0 Å². The molecule has 110 valence electrons. The Morgan fingerprint density at radius 2 is 1.95 bits per heavy atom. The third-order valence-corrected chi connectivity index (χ3v) is 5.24. The third-order valence-electron chi connectivity index (χ3n) is 5.24. The second-order valence-electron chi connectivity index (χ2n) is 6.53. The molecule has 2 aromatic rings. The lowest BCUT2D eigenvalue weighted by molar-refractivity contribution is 0.247. The van der Waals surface area contributed by atoms with Crippen molar-refractivity contribution < 1.29 is 0 Å². The summed E-state index contributed by atoms with van der Waals surface area (Å²) in [5, 5.41) is 1.35. The van der Waals surface area contributed by atoms with E-state index in [4.69, 9.17) is 0 Å². The number of allylic oxidation sites excluding steroid dienone is 1. The van der Waals surface area contributed by atoms with Crippen LogP contribution in [0.15, 0.2) is 49.2 Å². The second-order valence-corrected chi connectivity index (χ2v) is 6.53. The number of hydrogen-bond donors (Lipinski definition) is 0. The summed E-state index contributed by atoms with van der Waals surface area (Å²) in [4.78, 5) is 4.49. The highest BCUT2D eigenvalue weighted by molar-refractivity contribution is 5.82. The van der Waals surface area contributed by atoms with Gasteiger partial charge in [0.1, 0.15) is 0 Å². The van der Waals surface area contributed by atoms with Gasteiger partial charge in [-0.05, 0) is 67.6 Å². The molecule has 0 aliphatic heterocycles. The van der Waals surface area contributed by atoms with Gasteiger partial charge in [0.25, 0.3) is 0 Å². The molecule has 1 aliphatic carbocycles. The molecule has 0 radical (unpaired) electrons. The molecule has 0 saturated heterocycles. The summed E-state index contributed by atoms with van der Waals surface area (Å²) < 4.78 is 0. The van der Waals surface area contributed by atoms with Gasteiger partial charge < -0.3 is 0 Å². The van der Waals surface area contributed by atoms with Crippen LogP contribution in [0.25, 0.3) is 10.9 Å². The first-order chi connectivity index (χ1) is 10.3. The molecule has 1 atom stereocenters. The second kappa shape index (κ2) is 6.43. The van der Waals surface area contributed by atoms with Crippen LogP contribution in [-0.2, 0) is 0 Å². The molecule has 1 aromatic heterocycles. The fourth-order valence-corrected chi connectivity index (χ4v) is 3.93. The highest BCUT2D eigenvalue weighted by Gasteiger charge is 2.26. The Hall–Kier alpha value is -1.63. The minimum Gasteiger partial charge on any atom is -0.256 e. The van der Waals surface area contributed by atoms with Crippen LogP contribution < -0.4 is 0 Å². The number of rotatable bonds is 4. The minimum atomic E-state index is 0.713. The van der Waals surface area contributed by atoms with Crippen LogP contribution in [-0.4, -0.2) is 4.98 Å². The maximum atomic E-state index is 4.49. The molecule has 0 N–H and O–H groups in total. The fraction of sp³-hybridized carbons (Fsp3) is 0.450. The van der Waals surface area contributed by atoms with Gasteiger partial charge in [0.05, 0.1) is 5.52 Å². The van der Waals surface area contributed by atoms with Gasteiger partial charge in [0.15, 0.2) is 0 Å². The van der Waals surface area contributed by atoms with Crippen molar-refractivity contribution in [3.63, 3.8) is 0 Å². The molecule has 1 fully saturated rings. The van der Waals surface area contributed by atoms with Gasteiger partial charge in [-0.15, -0.1) is 6.58 Å². The Bertz CT molecular complexity index is 603. The molecule has 1 heterocycles. The Balaban J connectivity index is 1.75. The molecule has 1 aromatic carbocycles. The first-order valence-electron chi connectivity index (χ1n) is 8.24. The zero-order chi connectivity index (χ0) is 14.7. The molecule has 1 nitrogen and oxygen atoms in total. The van der Waals surface area contributed by atoms with Gasteiger partial charge in [-0.25, -0.2) is 0 Å². The lowest BCUT2D eigenvalue weighted by atomic mass is 9.73. The molecular formula is C20H25N. The van der Waals surface area contributed by atoms with Crippen LogP contribution in [0, 0.1) is 11.8 Å². The molecule has 1 aliphatic rings. The largest absolute Gasteiger partial charge is 0.256 e. The van der Waals surface area contributed by atoms with Crippen molar-refractivity contribution in [1.29, 1.82) is 0 Å². The van der Waals surface area contributed by atoms with Crippen molar-refractivity contribution in [1.82, 2.24) is 4.98 Å². The summed E-state index contributed by atoms with van der Waals surface area (Å²) in [5.74, 6) is 2.38. The van der Waals surface area contributed by atoms with Gasteiger partial charge in [0, 0.05) is 11.6 Å². The van der Waals surface area contributed by atoms with Crippen LogP contribution in [0.4, 0.5) is 0 Å². The Morgan fingerprint density at radius 1 is 1.19 bits per heavy atom. The lowest BCUT2D eigenvalue weighted by Gasteiger charge is -2.32. The molecule has 1 saturated carbocycles. The van der Waals surface area contributed by atoms with E-state index in [0.29, 0.717) is 5.92 Å². The first kappa shape index (κ1) is 14.3. The smallest absolute Gasteiger partial charge is 0.0704 e. The molecule has 3 rings (SSSR count). The van der Waals surface area contributed by atoms with E-state index in [0.717, 1.165) is 23.8 Å². The number of aromatic nitrogens is 1. The van der Waals surface area contributed by atoms with Gasteiger partial charge in [-0.1, -0.05) is 31.2 Å². The maximum Gasteiger partial charge on any atom is 0.0704 e. The molecule has 1 heteroatoms. The number of nitrogens with zero attached hydrogens (tertiary/aromatic N) is 1. The maximum absolute atomic E-state index is 4.49. The predicted molar refractivity (Wildman–Crippen MR) is 90.4 cm³/mol. The summed E-state index contributed by atoms with van der Waals surface area (Å²) in [7, 11) is 0. The van der Waals surface area contributed by atoms with E-state index in [-0.39, 0.29) is 0 Å². The van der Waals surface area contributed by atoms with E-state index in [9.17, 15) is 0 Å². The SMILES string of the molecule is C=CCC(C)C1CCC(c2ccnc3ccccc23)CC1. The Kier molecular flexibility index (Phi) is 4.38. The van der Waals surface area contributed by atoms with Crippen LogP contribution in [0.3, 0.4) is 0 Å². The van der Waals surface area contributed by atoms with Crippen LogP contribution in [0.2, 0.25) is 0 Å². The molecule has 0 bridgehead atoms. The lowest BCUT2D eigenvalue weighted by Crippen LogP contribution is -2.19. The van der Waals surface area contributed by atoms with Gasteiger partial charge in [-0.3, -0.25) is 4.98 Å². The van der Waals surface area contributed by atoms with E-state index in [1.165, 1.54) is 36.6 Å². The van der Waals surface area contributed by atoms with E-state index in [2.05, 4.69) is 54.9 Å². The molecule has 1 unspecified atom stereocenters. The number of pyridine rings is 1. The number of hydrogen-bond acceptors (Lipinski definition) is 1. The Morgan fingerprint density at radius 3 is 2.71 bits per heavy atom. The zero-order valence-electron chi connectivity index (χ0n) is 13.0. The summed E-state index contributed by atoms with van der Waals surface area (Å²) in [6, 6.07) is 10.8. The van der Waals surface area contributed by atoms with Crippen molar-refractivity contribution >= 4 is 10.9 Å². The molecule has 21 heavy (non-hydrogen) atoms. The quantitative estimate of drug-likeness (QED) is 0.652. The van der Waals surface area contributed by atoms with Gasteiger partial charge in [0.2, 0.25) is 0 Å². The van der Waals surface area contributed by atoms with Crippen LogP contribution >= 0.6 is 0 Å². The van der Waals surface area contributed by atoms with Crippen molar-refractivity contribution in [3.8, 4) is 0 Å². The van der Waals surface area contributed by atoms with E-state index in [1.54, 1.807) is 0 Å². The number of para-hydroxylation sites is 1. The van der Waals surface area contributed by atoms with Gasteiger partial charge in [-0.2, -0.15) is 0 Å². The highest BCUT2D eigenvalue weighted by Crippen LogP contribution is 2.41. The summed E-state index contributed by atoms with van der Waals surface area (Å²) >= 11 is 0. The Labute approximate surface area is 128 Å². The van der Waals surface area contributed by atoms with Crippen LogP contribution in [0.1, 0.15) is 50.5 Å². The van der Waals surface area contributed by atoms with Crippen molar-refractivity contribution in [2.45, 2.75) is 44.9 Å². The van der Waals surface area contributed by atoms with Crippen molar-refractivity contribution in [2.24, 2.45) is 11.8 Å². The normalized spacial score (nSPS) is 23.9. The topological polar surface area (TPSA) is 12.9 Å². The highest BCUT2D eigenvalue weighted by atomic mass is 14.6. The molecule has 0 spiro atoms. The van der Waals surface area contributed by atoms with Gasteiger partial charge >= 0.3 is 0 Å².